The van der Waals surface area contributed by atoms with Crippen molar-refractivity contribution in [2.45, 2.75) is 45.3 Å². The molecule has 1 heterocycles. The Morgan fingerprint density at radius 1 is 1.06 bits per heavy atom. The zero-order chi connectivity index (χ0) is 26.0. The second-order valence-corrected chi connectivity index (χ2v) is 10.3. The molecular formula is C30H30Cl2O4. The first-order valence-electron chi connectivity index (χ1n) is 11.9. The second-order valence-electron chi connectivity index (χ2n) is 9.46. The number of carbonyl (C=O) groups is 1. The van der Waals surface area contributed by atoms with Gasteiger partial charge in [0.05, 0.1) is 12.2 Å². The predicted octanol–water partition coefficient (Wildman–Crippen LogP) is 8.25. The van der Waals surface area contributed by atoms with Crippen LogP contribution in [-0.4, -0.2) is 17.7 Å². The van der Waals surface area contributed by atoms with Crippen LogP contribution in [0.4, 0.5) is 0 Å². The maximum atomic E-state index is 11.3. The molecule has 0 radical (unpaired) electrons. The van der Waals surface area contributed by atoms with Crippen molar-refractivity contribution in [3.05, 3.63) is 111 Å². The maximum Gasteiger partial charge on any atom is 0.341 e. The summed E-state index contributed by atoms with van der Waals surface area (Å²) in [4.78, 5) is 11.3. The predicted molar refractivity (Wildman–Crippen MR) is 144 cm³/mol. The molecule has 1 fully saturated rings. The van der Waals surface area contributed by atoms with Gasteiger partial charge in [-0.25, -0.2) is 4.79 Å². The molecule has 4 rings (SSSR count). The van der Waals surface area contributed by atoms with Crippen LogP contribution in [0.5, 0.6) is 5.75 Å². The van der Waals surface area contributed by atoms with Gasteiger partial charge in [-0.2, -0.15) is 0 Å². The van der Waals surface area contributed by atoms with E-state index in [1.165, 1.54) is 0 Å². The van der Waals surface area contributed by atoms with E-state index in [1.54, 1.807) is 6.07 Å². The molecule has 0 bridgehead atoms. The normalized spacial score (nSPS) is 21.7. The number of rotatable bonds is 7. The second kappa shape index (κ2) is 11.1. The molecule has 188 valence electrons. The molecule has 0 amide bonds. The number of benzene rings is 3. The van der Waals surface area contributed by atoms with E-state index in [9.17, 15) is 9.90 Å². The van der Waals surface area contributed by atoms with Crippen LogP contribution in [0.25, 0.3) is 0 Å². The van der Waals surface area contributed by atoms with Gasteiger partial charge in [-0.15, -0.1) is 0 Å². The summed E-state index contributed by atoms with van der Waals surface area (Å²) in [5, 5.41) is 10.6. The number of hydrogen-bond donors (Lipinski definition) is 1. The minimum atomic E-state index is -1.05. The van der Waals surface area contributed by atoms with Crippen LogP contribution < -0.4 is 4.74 Å². The van der Waals surface area contributed by atoms with Gasteiger partial charge in [0.2, 0.25) is 0 Å². The summed E-state index contributed by atoms with van der Waals surface area (Å²) < 4.78 is 12.8. The van der Waals surface area contributed by atoms with Crippen LogP contribution in [0.3, 0.4) is 0 Å². The molecule has 1 aliphatic rings. The minimum absolute atomic E-state index is 0.0358. The average molecular weight is 525 g/mol. The molecule has 4 nitrogen and oxygen atoms in total. The number of aliphatic carboxylic acids is 1. The summed E-state index contributed by atoms with van der Waals surface area (Å²) in [6, 6.07) is 19.8. The van der Waals surface area contributed by atoms with E-state index in [0.717, 1.165) is 39.8 Å². The van der Waals surface area contributed by atoms with Gasteiger partial charge in [0.25, 0.3) is 0 Å². The Labute approximate surface area is 222 Å². The first-order chi connectivity index (χ1) is 17.2. The molecule has 6 heteroatoms. The summed E-state index contributed by atoms with van der Waals surface area (Å²) in [5.41, 5.74) is 5.53. The Morgan fingerprint density at radius 2 is 1.75 bits per heavy atom. The highest BCUT2D eigenvalue weighted by Gasteiger charge is 2.42. The van der Waals surface area contributed by atoms with E-state index in [0.29, 0.717) is 15.8 Å². The fourth-order valence-electron chi connectivity index (χ4n) is 5.15. The fraction of sp³-hybridized carbons (Fsp3) is 0.300. The topological polar surface area (TPSA) is 55.8 Å². The summed E-state index contributed by atoms with van der Waals surface area (Å²) in [5.74, 6) is -0.594. The molecule has 3 aromatic carbocycles. The first-order valence-corrected chi connectivity index (χ1v) is 12.7. The molecule has 0 spiro atoms. The van der Waals surface area contributed by atoms with Crippen molar-refractivity contribution in [3.8, 4) is 5.75 Å². The van der Waals surface area contributed by atoms with Crippen LogP contribution in [0, 0.1) is 19.8 Å². The van der Waals surface area contributed by atoms with E-state index in [2.05, 4.69) is 24.8 Å². The number of aryl methyl sites for hydroxylation is 1. The third-order valence-corrected chi connectivity index (χ3v) is 7.71. The van der Waals surface area contributed by atoms with Gasteiger partial charge in [-0.05, 0) is 67.6 Å². The van der Waals surface area contributed by atoms with Crippen LogP contribution >= 0.6 is 23.2 Å². The Morgan fingerprint density at radius 3 is 2.39 bits per heavy atom. The Balaban J connectivity index is 1.86. The summed E-state index contributed by atoms with van der Waals surface area (Å²) in [7, 11) is 0. The maximum absolute atomic E-state index is 11.3. The average Bonchev–Trinajstić information content (AvgIpc) is 2.86. The number of carboxylic acid groups (broad SMARTS) is 1. The molecule has 1 aliphatic heterocycles. The van der Waals surface area contributed by atoms with Gasteiger partial charge in [0.1, 0.15) is 5.75 Å². The van der Waals surface area contributed by atoms with Crippen LogP contribution in [0.15, 0.2) is 72.8 Å². The lowest BCUT2D eigenvalue weighted by Crippen LogP contribution is -2.32. The molecule has 1 saturated heterocycles. The molecule has 0 unspecified atom stereocenters. The summed E-state index contributed by atoms with van der Waals surface area (Å²) in [6.45, 7) is 9.66. The largest absolute Gasteiger partial charge is 0.482 e. The van der Waals surface area contributed by atoms with Gasteiger partial charge in [0, 0.05) is 27.4 Å². The van der Waals surface area contributed by atoms with Gasteiger partial charge >= 0.3 is 5.97 Å². The van der Waals surface area contributed by atoms with Gasteiger partial charge in [-0.1, -0.05) is 77.8 Å². The summed E-state index contributed by atoms with van der Waals surface area (Å²) >= 11 is 13.1. The van der Waals surface area contributed by atoms with Crippen molar-refractivity contribution in [2.75, 3.05) is 6.61 Å². The molecule has 36 heavy (non-hydrogen) atoms. The Kier molecular flexibility index (Phi) is 8.09. The molecular weight excluding hydrogens is 495 g/mol. The van der Waals surface area contributed by atoms with Crippen LogP contribution in [0.2, 0.25) is 10.0 Å². The van der Waals surface area contributed by atoms with E-state index < -0.39 is 18.7 Å². The molecule has 1 N–H and O–H groups in total. The van der Waals surface area contributed by atoms with E-state index in [1.807, 2.05) is 57.2 Å². The number of hydrogen-bond acceptors (Lipinski definition) is 3. The minimum Gasteiger partial charge on any atom is -0.482 e. The highest BCUT2D eigenvalue weighted by atomic mass is 35.5. The van der Waals surface area contributed by atoms with Crippen molar-refractivity contribution in [1.29, 1.82) is 0 Å². The third-order valence-electron chi connectivity index (χ3n) is 6.90. The van der Waals surface area contributed by atoms with E-state index >= 15 is 0 Å². The molecule has 4 atom stereocenters. The van der Waals surface area contributed by atoms with E-state index in [4.69, 9.17) is 32.7 Å². The molecule has 0 aromatic heterocycles. The zero-order valence-corrected chi connectivity index (χ0v) is 22.1. The quantitative estimate of drug-likeness (QED) is 0.316. The van der Waals surface area contributed by atoms with E-state index in [-0.39, 0.29) is 17.9 Å². The monoisotopic (exact) mass is 524 g/mol. The molecule has 0 aliphatic carbocycles. The lowest BCUT2D eigenvalue weighted by molar-refractivity contribution is -0.139. The smallest absolute Gasteiger partial charge is 0.341 e. The fourth-order valence-corrected chi connectivity index (χ4v) is 5.50. The number of ether oxygens (including phenoxy) is 2. The highest BCUT2D eigenvalue weighted by Crippen LogP contribution is 2.54. The molecule has 0 saturated carbocycles. The van der Waals surface area contributed by atoms with Gasteiger partial charge < -0.3 is 14.6 Å². The van der Waals surface area contributed by atoms with Gasteiger partial charge in [-0.3, -0.25) is 0 Å². The lowest BCUT2D eigenvalue weighted by Gasteiger charge is -2.44. The van der Waals surface area contributed by atoms with Crippen LogP contribution in [0.1, 0.15) is 59.3 Å². The van der Waals surface area contributed by atoms with Crippen LogP contribution in [-0.2, 0) is 9.53 Å². The SMILES string of the molecule is C=C(C)[C@H]1C[C@H](c2cccc(Cl)c2)[C@H](c2ccccc2)O[C@@H]1c1c(OCC(=O)O)cc(C)c(Cl)c1C. The van der Waals surface area contributed by atoms with Crippen molar-refractivity contribution in [1.82, 2.24) is 0 Å². The van der Waals surface area contributed by atoms with Crippen molar-refractivity contribution in [2.24, 2.45) is 5.92 Å². The number of halogens is 2. The van der Waals surface area contributed by atoms with Crippen molar-refractivity contribution >= 4 is 29.2 Å². The Bertz CT molecular complexity index is 1270. The van der Waals surface area contributed by atoms with Crippen molar-refractivity contribution < 1.29 is 19.4 Å². The number of carboxylic acids is 1. The third kappa shape index (κ3) is 5.46. The standard InChI is InChI=1S/C30H30Cl2O4/c1-17(2)23-15-24(21-11-8-12-22(31)14-21)29(20-9-6-5-7-10-20)36-30(23)27-19(4)28(32)18(3)13-25(27)35-16-26(33)34/h5-14,23-24,29-30H,1,15-16H2,2-4H3,(H,33,34)/t23-,24-,29+,30+/m1/s1. The Hall–Kier alpha value is -2.79. The summed E-state index contributed by atoms with van der Waals surface area (Å²) in [6.07, 6.45) is 0.0746. The highest BCUT2D eigenvalue weighted by molar-refractivity contribution is 6.32. The first kappa shape index (κ1) is 26.3. The molecule has 3 aromatic rings. The lowest BCUT2D eigenvalue weighted by atomic mass is 9.73. The zero-order valence-electron chi connectivity index (χ0n) is 20.6. The van der Waals surface area contributed by atoms with Gasteiger partial charge in [0.15, 0.2) is 6.61 Å². The van der Waals surface area contributed by atoms with Crippen molar-refractivity contribution in [3.63, 3.8) is 0 Å².